The van der Waals surface area contributed by atoms with Crippen LogP contribution in [0.1, 0.15) is 17.4 Å². The smallest absolute Gasteiger partial charge is 0.272 e. The Morgan fingerprint density at radius 3 is 2.84 bits per heavy atom. The molecule has 0 aliphatic carbocycles. The van der Waals surface area contributed by atoms with Crippen LogP contribution in [-0.2, 0) is 6.54 Å². The van der Waals surface area contributed by atoms with E-state index in [-0.39, 0.29) is 5.91 Å². The van der Waals surface area contributed by atoms with Crippen LogP contribution in [0.25, 0.3) is 0 Å². The molecule has 2 rings (SSSR count). The molecule has 0 saturated carbocycles. The van der Waals surface area contributed by atoms with Gasteiger partial charge in [-0.05, 0) is 41.1 Å². The van der Waals surface area contributed by atoms with Gasteiger partial charge < -0.3 is 9.88 Å². The number of nitrogens with zero attached hydrogens (tertiary/aromatic N) is 1. The van der Waals surface area contributed by atoms with E-state index in [2.05, 4.69) is 21.2 Å². The van der Waals surface area contributed by atoms with Crippen LogP contribution in [-0.4, -0.2) is 10.5 Å². The van der Waals surface area contributed by atoms with E-state index in [1.807, 2.05) is 6.92 Å². The van der Waals surface area contributed by atoms with E-state index < -0.39 is 0 Å². The van der Waals surface area contributed by atoms with Gasteiger partial charge in [0.05, 0.1) is 20.2 Å². The van der Waals surface area contributed by atoms with Gasteiger partial charge in [-0.25, -0.2) is 0 Å². The number of hydrogen-bond donors (Lipinski definition) is 1. The third kappa shape index (κ3) is 3.14. The molecule has 1 aromatic carbocycles. The van der Waals surface area contributed by atoms with Crippen molar-refractivity contribution in [3.8, 4) is 0 Å². The summed E-state index contributed by atoms with van der Waals surface area (Å²) in [6.07, 6.45) is 1.73. The van der Waals surface area contributed by atoms with Gasteiger partial charge >= 0.3 is 0 Å². The molecule has 2 aromatic rings. The minimum atomic E-state index is -0.225. The lowest BCUT2D eigenvalue weighted by atomic mass is 10.3. The van der Waals surface area contributed by atoms with E-state index in [4.69, 9.17) is 23.2 Å². The summed E-state index contributed by atoms with van der Waals surface area (Å²) in [6.45, 7) is 2.62. The Balaban J connectivity index is 2.28. The van der Waals surface area contributed by atoms with Crippen LogP contribution in [0.5, 0.6) is 0 Å². The fourth-order valence-electron chi connectivity index (χ4n) is 1.71. The van der Waals surface area contributed by atoms with Crippen molar-refractivity contribution in [3.05, 3.63) is 50.7 Å². The molecule has 0 atom stereocenters. The number of rotatable bonds is 3. The Morgan fingerprint density at radius 1 is 1.42 bits per heavy atom. The predicted molar refractivity (Wildman–Crippen MR) is 82.2 cm³/mol. The summed E-state index contributed by atoms with van der Waals surface area (Å²) in [5, 5.41) is 3.89. The minimum absolute atomic E-state index is 0.225. The molecule has 0 aliphatic heterocycles. The number of nitrogens with one attached hydrogen (secondary N) is 1. The van der Waals surface area contributed by atoms with Crippen LogP contribution in [0, 0.1) is 0 Å². The average Bonchev–Trinajstić information content (AvgIpc) is 2.76. The molecular weight excluding hydrogens is 351 g/mol. The van der Waals surface area contributed by atoms with Crippen molar-refractivity contribution in [2.45, 2.75) is 13.5 Å². The van der Waals surface area contributed by atoms with Crippen molar-refractivity contribution >= 4 is 50.7 Å². The highest BCUT2D eigenvalue weighted by Gasteiger charge is 2.14. The Labute approximate surface area is 129 Å². The Bertz CT molecular complexity index is 625. The summed E-state index contributed by atoms with van der Waals surface area (Å²) < 4.78 is 2.45. The van der Waals surface area contributed by atoms with Crippen LogP contribution in [0.4, 0.5) is 5.69 Å². The van der Waals surface area contributed by atoms with Crippen LogP contribution in [0.2, 0.25) is 10.0 Å². The molecule has 6 heteroatoms. The highest BCUT2D eigenvalue weighted by atomic mass is 79.9. The maximum absolute atomic E-state index is 12.2. The molecule has 0 fully saturated rings. The van der Waals surface area contributed by atoms with Gasteiger partial charge in [-0.1, -0.05) is 29.3 Å². The Morgan fingerprint density at radius 2 is 2.16 bits per heavy atom. The first-order chi connectivity index (χ1) is 9.02. The number of halogens is 3. The number of benzene rings is 1. The Kier molecular flexibility index (Phi) is 4.55. The largest absolute Gasteiger partial charge is 0.342 e. The van der Waals surface area contributed by atoms with Gasteiger partial charge in [-0.3, -0.25) is 4.79 Å². The second kappa shape index (κ2) is 5.99. The summed E-state index contributed by atoms with van der Waals surface area (Å²) in [6, 6.07) is 6.93. The molecule has 1 heterocycles. The number of carbonyl (C=O) groups is 1. The molecule has 1 N–H and O–H groups in total. The SMILES string of the molecule is CCn1cc(Cl)cc1C(=O)Nc1cccc(Cl)c1Br. The van der Waals surface area contributed by atoms with Gasteiger partial charge in [0.25, 0.3) is 5.91 Å². The fourth-order valence-corrected chi connectivity index (χ4v) is 2.47. The minimum Gasteiger partial charge on any atom is -0.342 e. The van der Waals surface area contributed by atoms with Crippen molar-refractivity contribution in [2.24, 2.45) is 0 Å². The zero-order valence-corrected chi connectivity index (χ0v) is 13.2. The molecule has 3 nitrogen and oxygen atoms in total. The van der Waals surface area contributed by atoms with Gasteiger partial charge in [0.15, 0.2) is 0 Å². The van der Waals surface area contributed by atoms with E-state index in [1.165, 1.54) is 0 Å². The van der Waals surface area contributed by atoms with Crippen molar-refractivity contribution in [1.82, 2.24) is 4.57 Å². The van der Waals surface area contributed by atoms with Gasteiger partial charge in [0.1, 0.15) is 5.69 Å². The van der Waals surface area contributed by atoms with Gasteiger partial charge in [-0.15, -0.1) is 0 Å². The lowest BCUT2D eigenvalue weighted by Crippen LogP contribution is -2.16. The van der Waals surface area contributed by atoms with Crippen LogP contribution < -0.4 is 5.32 Å². The van der Waals surface area contributed by atoms with Crippen molar-refractivity contribution < 1.29 is 4.79 Å². The molecule has 1 aromatic heterocycles. The average molecular weight is 362 g/mol. The summed E-state index contributed by atoms with van der Waals surface area (Å²) in [5.74, 6) is -0.225. The molecule has 1 amide bonds. The van der Waals surface area contributed by atoms with Crippen molar-refractivity contribution in [1.29, 1.82) is 0 Å². The summed E-state index contributed by atoms with van der Waals surface area (Å²) in [4.78, 5) is 12.2. The molecule has 0 saturated heterocycles. The summed E-state index contributed by atoms with van der Waals surface area (Å²) in [7, 11) is 0. The number of aromatic nitrogens is 1. The first-order valence-electron chi connectivity index (χ1n) is 5.64. The number of amides is 1. The lowest BCUT2D eigenvalue weighted by Gasteiger charge is -2.09. The van der Waals surface area contributed by atoms with Crippen molar-refractivity contribution in [2.75, 3.05) is 5.32 Å². The standard InChI is InChI=1S/C13H11BrCl2N2O/c1-2-18-7-8(15)6-11(18)13(19)17-10-5-3-4-9(16)12(10)14/h3-7H,2H2,1H3,(H,17,19). The molecule has 0 spiro atoms. The van der Waals surface area contributed by atoms with E-state index in [0.29, 0.717) is 32.4 Å². The first-order valence-corrected chi connectivity index (χ1v) is 7.19. The first kappa shape index (κ1) is 14.4. The second-order valence-electron chi connectivity index (χ2n) is 3.89. The van der Waals surface area contributed by atoms with E-state index in [1.54, 1.807) is 35.0 Å². The molecule has 19 heavy (non-hydrogen) atoms. The fraction of sp³-hybridized carbons (Fsp3) is 0.154. The number of aryl methyl sites for hydroxylation is 1. The quantitative estimate of drug-likeness (QED) is 0.834. The topological polar surface area (TPSA) is 34.0 Å². The molecule has 0 radical (unpaired) electrons. The van der Waals surface area contributed by atoms with Gasteiger partial charge in [-0.2, -0.15) is 0 Å². The monoisotopic (exact) mass is 360 g/mol. The van der Waals surface area contributed by atoms with Crippen LogP contribution in [0.3, 0.4) is 0 Å². The third-order valence-corrected chi connectivity index (χ3v) is 4.24. The van der Waals surface area contributed by atoms with Gasteiger partial charge in [0, 0.05) is 12.7 Å². The Hall–Kier alpha value is -0.970. The van der Waals surface area contributed by atoms with Crippen LogP contribution >= 0.6 is 39.1 Å². The lowest BCUT2D eigenvalue weighted by molar-refractivity contribution is 0.101. The van der Waals surface area contributed by atoms with Crippen LogP contribution in [0.15, 0.2) is 34.9 Å². The molecule has 100 valence electrons. The van der Waals surface area contributed by atoms with Gasteiger partial charge in [0.2, 0.25) is 0 Å². The zero-order chi connectivity index (χ0) is 14.0. The maximum Gasteiger partial charge on any atom is 0.272 e. The van der Waals surface area contributed by atoms with E-state index in [0.717, 1.165) is 0 Å². The highest BCUT2D eigenvalue weighted by molar-refractivity contribution is 9.10. The highest BCUT2D eigenvalue weighted by Crippen LogP contribution is 2.30. The number of carbonyl (C=O) groups excluding carboxylic acids is 1. The number of hydrogen-bond acceptors (Lipinski definition) is 1. The molecule has 0 aliphatic rings. The van der Waals surface area contributed by atoms with Crippen molar-refractivity contribution in [3.63, 3.8) is 0 Å². The van der Waals surface area contributed by atoms with E-state index >= 15 is 0 Å². The zero-order valence-electron chi connectivity index (χ0n) is 10.1. The van der Waals surface area contributed by atoms with E-state index in [9.17, 15) is 4.79 Å². The molecule has 0 bridgehead atoms. The predicted octanol–water partition coefficient (Wildman–Crippen LogP) is 4.83. The summed E-state index contributed by atoms with van der Waals surface area (Å²) >= 11 is 15.2. The summed E-state index contributed by atoms with van der Waals surface area (Å²) in [5.41, 5.74) is 1.14. The normalized spacial score (nSPS) is 10.5. The molecular formula is C13H11BrCl2N2O. The second-order valence-corrected chi connectivity index (χ2v) is 5.52. The third-order valence-electron chi connectivity index (χ3n) is 2.64. The number of anilines is 1. The maximum atomic E-state index is 12.2. The molecule has 0 unspecified atom stereocenters.